The Morgan fingerprint density at radius 3 is 2.55 bits per heavy atom. The number of anilines is 1. The van der Waals surface area contributed by atoms with Gasteiger partial charge >= 0.3 is 0 Å². The van der Waals surface area contributed by atoms with Crippen LogP contribution in [0.25, 0.3) is 10.9 Å². The minimum Gasteiger partial charge on any atom is -0.467 e. The van der Waals surface area contributed by atoms with Crippen LogP contribution in [0.1, 0.15) is 28.0 Å². The van der Waals surface area contributed by atoms with Crippen molar-refractivity contribution in [2.45, 2.75) is 33.9 Å². The lowest BCUT2D eigenvalue weighted by molar-refractivity contribution is 0.359. The fourth-order valence-electron chi connectivity index (χ4n) is 3.62. The minimum atomic E-state index is -0.114. The Hall–Kier alpha value is -3.38. The van der Waals surface area contributed by atoms with Crippen LogP contribution < -0.4 is 10.9 Å². The molecule has 0 aliphatic heterocycles. The molecular weight excluding hydrogens is 406 g/mol. The van der Waals surface area contributed by atoms with Gasteiger partial charge in [0.1, 0.15) is 5.76 Å². The van der Waals surface area contributed by atoms with E-state index in [1.54, 1.807) is 6.26 Å². The Morgan fingerprint density at radius 1 is 1.03 bits per heavy atom. The maximum Gasteiger partial charge on any atom is 0.253 e. The number of nitrogens with zero attached hydrogens (tertiary/aromatic N) is 1. The molecule has 0 atom stereocenters. The molecule has 2 aromatic carbocycles. The lowest BCUT2D eigenvalue weighted by atomic mass is 10.1. The molecule has 0 fully saturated rings. The number of hydrogen-bond acceptors (Lipinski definition) is 3. The molecule has 4 aromatic rings. The van der Waals surface area contributed by atoms with Gasteiger partial charge in [0.2, 0.25) is 0 Å². The van der Waals surface area contributed by atoms with Crippen LogP contribution in [0.3, 0.4) is 0 Å². The maximum atomic E-state index is 12.8. The first-order chi connectivity index (χ1) is 14.9. The Morgan fingerprint density at radius 2 is 1.81 bits per heavy atom. The van der Waals surface area contributed by atoms with Crippen molar-refractivity contribution in [3.63, 3.8) is 0 Å². The summed E-state index contributed by atoms with van der Waals surface area (Å²) in [7, 11) is 0. The van der Waals surface area contributed by atoms with E-state index in [1.165, 1.54) is 5.56 Å². The molecular formula is C25H25N3O2S. The molecule has 0 aliphatic carbocycles. The zero-order valence-corrected chi connectivity index (χ0v) is 18.7. The number of H-pyrrole nitrogens is 1. The van der Waals surface area contributed by atoms with Gasteiger partial charge in [-0.25, -0.2) is 0 Å². The second kappa shape index (κ2) is 8.78. The molecule has 0 aliphatic rings. The van der Waals surface area contributed by atoms with E-state index in [2.05, 4.69) is 23.3 Å². The van der Waals surface area contributed by atoms with Crippen molar-refractivity contribution >= 4 is 33.9 Å². The predicted octanol–water partition coefficient (Wildman–Crippen LogP) is 5.45. The number of hydrogen-bond donors (Lipinski definition) is 2. The highest BCUT2D eigenvalue weighted by molar-refractivity contribution is 7.80. The number of fused-ring (bicyclic) bond motifs is 1. The molecule has 0 amide bonds. The van der Waals surface area contributed by atoms with Crippen LogP contribution in [0.4, 0.5) is 5.69 Å². The molecule has 0 unspecified atom stereocenters. The summed E-state index contributed by atoms with van der Waals surface area (Å²) in [6, 6.07) is 17.9. The normalized spacial score (nSPS) is 10.9. The van der Waals surface area contributed by atoms with E-state index in [4.69, 9.17) is 16.6 Å². The third kappa shape index (κ3) is 4.86. The molecule has 0 spiro atoms. The van der Waals surface area contributed by atoms with Crippen LogP contribution in [0.15, 0.2) is 70.1 Å². The molecule has 158 valence electrons. The summed E-state index contributed by atoms with van der Waals surface area (Å²) in [6.07, 6.45) is 1.64. The summed E-state index contributed by atoms with van der Waals surface area (Å²) in [5.41, 5.74) is 5.72. The molecule has 0 bridgehead atoms. The van der Waals surface area contributed by atoms with E-state index in [9.17, 15) is 4.79 Å². The highest BCUT2D eigenvalue weighted by atomic mass is 32.1. The van der Waals surface area contributed by atoms with Crippen LogP contribution in [-0.4, -0.2) is 15.0 Å². The largest absolute Gasteiger partial charge is 0.467 e. The van der Waals surface area contributed by atoms with Crippen LogP contribution in [0.2, 0.25) is 0 Å². The van der Waals surface area contributed by atoms with E-state index >= 15 is 0 Å². The van der Waals surface area contributed by atoms with Crippen molar-refractivity contribution in [3.8, 4) is 0 Å². The van der Waals surface area contributed by atoms with Crippen molar-refractivity contribution in [1.82, 2.24) is 9.88 Å². The molecule has 5 nitrogen and oxygen atoms in total. The third-order valence-electron chi connectivity index (χ3n) is 5.28. The van der Waals surface area contributed by atoms with E-state index in [0.717, 1.165) is 33.5 Å². The van der Waals surface area contributed by atoms with Gasteiger partial charge in [-0.2, -0.15) is 0 Å². The summed E-state index contributed by atoms with van der Waals surface area (Å²) < 4.78 is 5.54. The first-order valence-corrected chi connectivity index (χ1v) is 10.6. The molecule has 31 heavy (non-hydrogen) atoms. The number of aromatic nitrogens is 1. The van der Waals surface area contributed by atoms with Gasteiger partial charge in [0.25, 0.3) is 5.56 Å². The zero-order valence-electron chi connectivity index (χ0n) is 17.9. The van der Waals surface area contributed by atoms with Crippen molar-refractivity contribution in [2.24, 2.45) is 0 Å². The molecule has 4 rings (SSSR count). The molecule has 0 saturated carbocycles. The number of benzene rings is 2. The molecule has 2 N–H and O–H groups in total. The lowest BCUT2D eigenvalue weighted by Crippen LogP contribution is -2.35. The fraction of sp³-hybridized carbons (Fsp3) is 0.200. The fourth-order valence-corrected chi connectivity index (χ4v) is 3.86. The zero-order chi connectivity index (χ0) is 22.0. The lowest BCUT2D eigenvalue weighted by Gasteiger charge is -2.25. The quantitative estimate of drug-likeness (QED) is 0.412. The van der Waals surface area contributed by atoms with E-state index in [1.807, 2.05) is 67.3 Å². The van der Waals surface area contributed by atoms with E-state index < -0.39 is 0 Å². The number of pyridine rings is 1. The summed E-state index contributed by atoms with van der Waals surface area (Å²) in [5.74, 6) is 0.776. The summed E-state index contributed by atoms with van der Waals surface area (Å²) in [6.45, 7) is 6.93. The topological polar surface area (TPSA) is 61.3 Å². The predicted molar refractivity (Wildman–Crippen MR) is 129 cm³/mol. The van der Waals surface area contributed by atoms with Crippen molar-refractivity contribution in [2.75, 3.05) is 5.32 Å². The monoisotopic (exact) mass is 431 g/mol. The van der Waals surface area contributed by atoms with Gasteiger partial charge in [0.15, 0.2) is 5.11 Å². The first-order valence-electron chi connectivity index (χ1n) is 10.2. The standard InChI is InChI=1S/C25H25N3O2S/c1-16-7-9-22(18(3)11-16)27-25(31)28(15-21-5-4-10-30-21)14-20-13-19-8-6-17(2)12-23(19)26-24(20)29/h4-13H,14-15H2,1-3H3,(H,26,29)(H,27,31). The molecule has 6 heteroatoms. The average molecular weight is 432 g/mol. The number of aromatic amines is 1. The number of thiocarbonyl (C=S) groups is 1. The van der Waals surface area contributed by atoms with Gasteiger partial charge < -0.3 is 19.6 Å². The van der Waals surface area contributed by atoms with Crippen molar-refractivity contribution in [3.05, 3.63) is 99.2 Å². The maximum absolute atomic E-state index is 12.8. The highest BCUT2D eigenvalue weighted by Crippen LogP contribution is 2.19. The number of furan rings is 1. The molecule has 2 heterocycles. The van der Waals surface area contributed by atoms with Gasteiger partial charge in [0, 0.05) is 16.8 Å². The van der Waals surface area contributed by atoms with Gasteiger partial charge in [-0.05, 0) is 79.8 Å². The summed E-state index contributed by atoms with van der Waals surface area (Å²) >= 11 is 5.74. The van der Waals surface area contributed by atoms with Gasteiger partial charge in [0.05, 0.1) is 19.4 Å². The van der Waals surface area contributed by atoms with E-state index in [-0.39, 0.29) is 5.56 Å². The van der Waals surface area contributed by atoms with Crippen LogP contribution in [0, 0.1) is 20.8 Å². The number of rotatable bonds is 5. The van der Waals surface area contributed by atoms with Crippen molar-refractivity contribution < 1.29 is 4.42 Å². The molecule has 0 radical (unpaired) electrons. The van der Waals surface area contributed by atoms with Gasteiger partial charge in [-0.3, -0.25) is 4.79 Å². The van der Waals surface area contributed by atoms with Crippen LogP contribution in [-0.2, 0) is 13.1 Å². The van der Waals surface area contributed by atoms with E-state index in [0.29, 0.717) is 23.8 Å². The molecule has 2 aromatic heterocycles. The van der Waals surface area contributed by atoms with Crippen LogP contribution >= 0.6 is 12.2 Å². The summed E-state index contributed by atoms with van der Waals surface area (Å²) in [5, 5.41) is 4.86. The van der Waals surface area contributed by atoms with Crippen molar-refractivity contribution in [1.29, 1.82) is 0 Å². The number of nitrogens with one attached hydrogen (secondary N) is 2. The highest BCUT2D eigenvalue weighted by Gasteiger charge is 2.16. The second-order valence-electron chi connectivity index (χ2n) is 7.90. The minimum absolute atomic E-state index is 0.114. The smallest absolute Gasteiger partial charge is 0.253 e. The number of aryl methyl sites for hydroxylation is 3. The Bertz CT molecular complexity index is 1290. The Labute approximate surface area is 186 Å². The molecule has 0 saturated heterocycles. The SMILES string of the molecule is Cc1ccc(NC(=S)N(Cc2ccco2)Cc2cc3ccc(C)cc3[nH]c2=O)c(C)c1. The third-order valence-corrected chi connectivity index (χ3v) is 5.64. The first kappa shape index (κ1) is 20.9. The van der Waals surface area contributed by atoms with Gasteiger partial charge in [-0.15, -0.1) is 0 Å². The average Bonchev–Trinajstić information content (AvgIpc) is 3.23. The summed E-state index contributed by atoms with van der Waals surface area (Å²) in [4.78, 5) is 17.7. The second-order valence-corrected chi connectivity index (χ2v) is 8.29. The van der Waals surface area contributed by atoms with Crippen LogP contribution in [0.5, 0.6) is 0 Å². The Balaban J connectivity index is 1.64. The Kier molecular flexibility index (Phi) is 5.91. The van der Waals surface area contributed by atoms with Gasteiger partial charge in [-0.1, -0.05) is 29.8 Å².